The second kappa shape index (κ2) is 6.37. The fourth-order valence-electron chi connectivity index (χ4n) is 2.42. The average molecular weight is 361 g/mol. The van der Waals surface area contributed by atoms with Crippen molar-refractivity contribution in [1.29, 1.82) is 0 Å². The molecule has 0 radical (unpaired) electrons. The summed E-state index contributed by atoms with van der Waals surface area (Å²) in [4.78, 5) is 0. The van der Waals surface area contributed by atoms with Gasteiger partial charge in [-0.1, -0.05) is 41.6 Å². The Bertz CT molecular complexity index is 884. The number of rotatable bonds is 4. The van der Waals surface area contributed by atoms with Gasteiger partial charge in [0.15, 0.2) is 11.5 Å². The predicted molar refractivity (Wildman–Crippen MR) is 91.6 cm³/mol. The molecule has 5 nitrogen and oxygen atoms in total. The van der Waals surface area contributed by atoms with Crippen molar-refractivity contribution in [3.05, 3.63) is 53.1 Å². The third kappa shape index (κ3) is 2.95. The van der Waals surface area contributed by atoms with Crippen LogP contribution in [0, 0.1) is 0 Å². The zero-order chi connectivity index (χ0) is 16.5. The molecule has 1 atom stereocenters. The third-order valence-electron chi connectivity index (χ3n) is 3.65. The molecular weight excluding hydrogens is 348 g/mol. The number of fused-ring (bicyclic) bond motifs is 1. The Morgan fingerprint density at radius 1 is 1.08 bits per heavy atom. The minimum absolute atomic E-state index is 0.101. The van der Waals surface area contributed by atoms with Gasteiger partial charge in [-0.15, -0.1) is 10.2 Å². The van der Waals surface area contributed by atoms with Crippen LogP contribution in [-0.4, -0.2) is 17.0 Å². The van der Waals surface area contributed by atoms with Gasteiger partial charge in [-0.25, -0.2) is 0 Å². The number of aromatic nitrogens is 2. The van der Waals surface area contributed by atoms with E-state index >= 15 is 0 Å². The van der Waals surface area contributed by atoms with Gasteiger partial charge in [0.2, 0.25) is 12.7 Å². The molecule has 1 aliphatic rings. The molecule has 0 fully saturated rings. The van der Waals surface area contributed by atoms with Crippen molar-refractivity contribution in [2.24, 2.45) is 0 Å². The summed E-state index contributed by atoms with van der Waals surface area (Å²) in [6.07, 6.45) is 0. The molecule has 0 N–H and O–H groups in total. The molecule has 0 saturated carbocycles. The van der Waals surface area contributed by atoms with E-state index in [0.717, 1.165) is 21.9 Å². The molecule has 0 bridgehead atoms. The zero-order valence-corrected chi connectivity index (χ0v) is 14.3. The Hall–Kier alpha value is -2.18. The molecule has 0 amide bonds. The second-order valence-electron chi connectivity index (χ2n) is 5.22. The molecule has 0 aliphatic carbocycles. The summed E-state index contributed by atoms with van der Waals surface area (Å²) in [5, 5.41) is 9.55. The molecule has 1 aromatic heterocycles. The standard InChI is InChI=1S/C17H13ClN2O3S/c1-10(12-4-2-3-5-13(12)18)24-17-20-19-16(23-17)11-6-7-14-15(8-11)22-9-21-14/h2-8,10H,9H2,1H3/t10-/m1/s1. The lowest BCUT2D eigenvalue weighted by atomic mass is 10.2. The van der Waals surface area contributed by atoms with Crippen LogP contribution in [0.1, 0.15) is 17.7 Å². The number of thioether (sulfide) groups is 1. The van der Waals surface area contributed by atoms with Crippen molar-refractivity contribution in [2.45, 2.75) is 17.4 Å². The monoisotopic (exact) mass is 360 g/mol. The fraction of sp³-hybridized carbons (Fsp3) is 0.176. The van der Waals surface area contributed by atoms with E-state index in [1.807, 2.05) is 42.5 Å². The average Bonchev–Trinajstić information content (AvgIpc) is 3.23. The minimum Gasteiger partial charge on any atom is -0.454 e. The second-order valence-corrected chi connectivity index (χ2v) is 6.92. The Labute approximate surface area is 147 Å². The Balaban J connectivity index is 1.54. The highest BCUT2D eigenvalue weighted by Gasteiger charge is 2.18. The van der Waals surface area contributed by atoms with Gasteiger partial charge >= 0.3 is 0 Å². The van der Waals surface area contributed by atoms with E-state index in [1.54, 1.807) is 0 Å². The van der Waals surface area contributed by atoms with Gasteiger partial charge < -0.3 is 13.9 Å². The smallest absolute Gasteiger partial charge is 0.277 e. The lowest BCUT2D eigenvalue weighted by Crippen LogP contribution is -1.92. The van der Waals surface area contributed by atoms with E-state index in [0.29, 0.717) is 16.9 Å². The predicted octanol–water partition coefficient (Wildman–Crippen LogP) is 4.97. The van der Waals surface area contributed by atoms with Gasteiger partial charge in [0.25, 0.3) is 5.22 Å². The van der Waals surface area contributed by atoms with E-state index in [4.69, 9.17) is 25.5 Å². The first-order valence-corrected chi connectivity index (χ1v) is 8.61. The highest BCUT2D eigenvalue weighted by Crippen LogP contribution is 2.39. The summed E-state index contributed by atoms with van der Waals surface area (Å²) in [7, 11) is 0. The lowest BCUT2D eigenvalue weighted by molar-refractivity contribution is 0.174. The summed E-state index contributed by atoms with van der Waals surface area (Å²) in [5.74, 6) is 1.85. The van der Waals surface area contributed by atoms with E-state index in [9.17, 15) is 0 Å². The van der Waals surface area contributed by atoms with Gasteiger partial charge in [0.1, 0.15) is 0 Å². The van der Waals surface area contributed by atoms with Crippen LogP contribution in [-0.2, 0) is 0 Å². The fourth-order valence-corrected chi connectivity index (χ4v) is 3.64. The maximum atomic E-state index is 6.23. The normalized spacial score (nSPS) is 13.9. The molecular formula is C17H13ClN2O3S. The number of halogens is 1. The van der Waals surface area contributed by atoms with Gasteiger partial charge in [-0.2, -0.15) is 0 Å². The summed E-state index contributed by atoms with van der Waals surface area (Å²) >= 11 is 7.71. The molecule has 122 valence electrons. The van der Waals surface area contributed by atoms with Crippen LogP contribution in [0.5, 0.6) is 11.5 Å². The van der Waals surface area contributed by atoms with E-state index in [-0.39, 0.29) is 12.0 Å². The quantitative estimate of drug-likeness (QED) is 0.612. The van der Waals surface area contributed by atoms with E-state index in [2.05, 4.69) is 17.1 Å². The highest BCUT2D eigenvalue weighted by atomic mass is 35.5. The third-order valence-corrected chi connectivity index (χ3v) is 4.97. The van der Waals surface area contributed by atoms with Crippen LogP contribution < -0.4 is 9.47 Å². The number of hydrogen-bond acceptors (Lipinski definition) is 6. The van der Waals surface area contributed by atoms with Crippen molar-refractivity contribution in [3.63, 3.8) is 0 Å². The van der Waals surface area contributed by atoms with Crippen LogP contribution in [0.25, 0.3) is 11.5 Å². The summed E-state index contributed by atoms with van der Waals surface area (Å²) in [6.45, 7) is 2.29. The number of nitrogens with zero attached hydrogens (tertiary/aromatic N) is 2. The lowest BCUT2D eigenvalue weighted by Gasteiger charge is -2.10. The summed E-state index contributed by atoms with van der Waals surface area (Å²) < 4.78 is 16.4. The Morgan fingerprint density at radius 3 is 2.79 bits per heavy atom. The van der Waals surface area contributed by atoms with Crippen molar-refractivity contribution in [2.75, 3.05) is 6.79 Å². The maximum Gasteiger partial charge on any atom is 0.277 e. The van der Waals surface area contributed by atoms with Crippen molar-refractivity contribution in [3.8, 4) is 23.0 Å². The Morgan fingerprint density at radius 2 is 1.92 bits per heavy atom. The number of ether oxygens (including phenoxy) is 2. The first-order chi connectivity index (χ1) is 11.7. The van der Waals surface area contributed by atoms with Crippen LogP contribution in [0.2, 0.25) is 5.02 Å². The van der Waals surface area contributed by atoms with Crippen LogP contribution in [0.15, 0.2) is 52.1 Å². The highest BCUT2D eigenvalue weighted by molar-refractivity contribution is 7.99. The summed E-state index contributed by atoms with van der Waals surface area (Å²) in [5.41, 5.74) is 1.83. The molecule has 2 heterocycles. The molecule has 2 aromatic carbocycles. The molecule has 1 aliphatic heterocycles. The molecule has 4 rings (SSSR count). The van der Waals surface area contributed by atoms with Crippen molar-refractivity contribution < 1.29 is 13.9 Å². The van der Waals surface area contributed by atoms with Crippen molar-refractivity contribution in [1.82, 2.24) is 10.2 Å². The molecule has 24 heavy (non-hydrogen) atoms. The molecule has 0 saturated heterocycles. The van der Waals surface area contributed by atoms with E-state index in [1.165, 1.54) is 11.8 Å². The Kier molecular flexibility index (Phi) is 4.08. The maximum absolute atomic E-state index is 6.23. The summed E-state index contributed by atoms with van der Waals surface area (Å²) in [6, 6.07) is 13.3. The van der Waals surface area contributed by atoms with Crippen LogP contribution >= 0.6 is 23.4 Å². The molecule has 0 spiro atoms. The SMILES string of the molecule is C[C@@H](Sc1nnc(-c2ccc3c(c2)OCO3)o1)c1ccccc1Cl. The number of hydrogen-bond donors (Lipinski definition) is 0. The first-order valence-electron chi connectivity index (χ1n) is 7.35. The number of benzene rings is 2. The molecule has 7 heteroatoms. The van der Waals surface area contributed by atoms with Gasteiger partial charge in [-0.3, -0.25) is 0 Å². The van der Waals surface area contributed by atoms with Crippen LogP contribution in [0.4, 0.5) is 0 Å². The largest absolute Gasteiger partial charge is 0.454 e. The van der Waals surface area contributed by atoms with Crippen molar-refractivity contribution >= 4 is 23.4 Å². The minimum atomic E-state index is 0.101. The van der Waals surface area contributed by atoms with Gasteiger partial charge in [0, 0.05) is 15.8 Å². The van der Waals surface area contributed by atoms with E-state index < -0.39 is 0 Å². The molecule has 3 aromatic rings. The molecule has 0 unspecified atom stereocenters. The van der Waals surface area contributed by atoms with Crippen LogP contribution in [0.3, 0.4) is 0 Å². The topological polar surface area (TPSA) is 57.4 Å². The van der Waals surface area contributed by atoms with Gasteiger partial charge in [-0.05, 0) is 36.8 Å². The first kappa shape index (κ1) is 15.4. The zero-order valence-electron chi connectivity index (χ0n) is 12.7. The van der Waals surface area contributed by atoms with Gasteiger partial charge in [0.05, 0.1) is 0 Å².